The van der Waals surface area contributed by atoms with Crippen LogP contribution in [0.25, 0.3) is 21.7 Å². The molecule has 1 N–H and O–H groups in total. The van der Waals surface area contributed by atoms with Crippen LogP contribution in [0.4, 0.5) is 5.69 Å². The Hall–Kier alpha value is -3.46. The van der Waals surface area contributed by atoms with Crippen molar-refractivity contribution in [3.05, 3.63) is 58.0 Å². The van der Waals surface area contributed by atoms with E-state index >= 15 is 0 Å². The normalized spacial score (nSPS) is 11.0. The van der Waals surface area contributed by atoms with Gasteiger partial charge in [0.15, 0.2) is 11.3 Å². The van der Waals surface area contributed by atoms with Crippen LogP contribution in [0, 0.1) is 6.92 Å². The van der Waals surface area contributed by atoms with E-state index in [2.05, 4.69) is 15.4 Å². The number of carbonyl (C=O) groups is 1. The molecule has 8 nitrogen and oxygen atoms in total. The highest BCUT2D eigenvalue weighted by Gasteiger charge is 2.19. The molecule has 0 unspecified atom stereocenters. The van der Waals surface area contributed by atoms with Gasteiger partial charge in [0.2, 0.25) is 5.91 Å². The minimum atomic E-state index is -0.415. The molecule has 0 bridgehead atoms. The molecule has 0 saturated carbocycles. The zero-order valence-electron chi connectivity index (χ0n) is 15.8. The van der Waals surface area contributed by atoms with Gasteiger partial charge in [-0.3, -0.25) is 9.59 Å². The van der Waals surface area contributed by atoms with E-state index in [0.29, 0.717) is 28.4 Å². The smallest absolute Gasteiger partial charge is 0.294 e. The van der Waals surface area contributed by atoms with Gasteiger partial charge >= 0.3 is 0 Å². The molecule has 0 aliphatic carbocycles. The Labute approximate surface area is 169 Å². The maximum atomic E-state index is 12.8. The summed E-state index contributed by atoms with van der Waals surface area (Å²) >= 11 is 1.37. The van der Waals surface area contributed by atoms with Crippen LogP contribution in [-0.2, 0) is 11.3 Å². The molecule has 0 saturated heterocycles. The second-order valence-electron chi connectivity index (χ2n) is 6.20. The number of aromatic nitrogens is 3. The fourth-order valence-corrected chi connectivity index (χ4v) is 3.79. The van der Waals surface area contributed by atoms with Gasteiger partial charge in [-0.25, -0.2) is 9.67 Å². The molecule has 1 amide bonds. The molecule has 0 radical (unpaired) electrons. The van der Waals surface area contributed by atoms with Gasteiger partial charge in [-0.2, -0.15) is 5.10 Å². The number of nitrogens with one attached hydrogen (secondary N) is 1. The predicted molar refractivity (Wildman–Crippen MR) is 110 cm³/mol. The number of furan rings is 1. The lowest BCUT2D eigenvalue weighted by Crippen LogP contribution is -2.30. The quantitative estimate of drug-likeness (QED) is 0.523. The van der Waals surface area contributed by atoms with Crippen molar-refractivity contribution in [2.45, 2.75) is 20.4 Å². The van der Waals surface area contributed by atoms with E-state index in [1.807, 2.05) is 13.8 Å². The molecular formula is C20H18N4O4S. The molecule has 9 heteroatoms. The summed E-state index contributed by atoms with van der Waals surface area (Å²) in [5.41, 5.74) is 0.955. The van der Waals surface area contributed by atoms with Crippen LogP contribution < -0.4 is 15.6 Å². The number of carbonyl (C=O) groups excluding carboxylic acids is 1. The van der Waals surface area contributed by atoms with Crippen molar-refractivity contribution in [2.24, 2.45) is 0 Å². The maximum absolute atomic E-state index is 12.8. The van der Waals surface area contributed by atoms with Crippen molar-refractivity contribution in [1.82, 2.24) is 14.8 Å². The van der Waals surface area contributed by atoms with Crippen molar-refractivity contribution in [3.8, 4) is 17.2 Å². The van der Waals surface area contributed by atoms with Crippen LogP contribution in [0.3, 0.4) is 0 Å². The Balaban J connectivity index is 1.63. The molecule has 1 aromatic carbocycles. The average molecular weight is 410 g/mol. The van der Waals surface area contributed by atoms with E-state index in [9.17, 15) is 9.59 Å². The minimum Gasteiger partial charge on any atom is -0.494 e. The van der Waals surface area contributed by atoms with Gasteiger partial charge in [0.1, 0.15) is 18.0 Å². The fraction of sp³-hybridized carbons (Fsp3) is 0.200. The van der Waals surface area contributed by atoms with Gasteiger partial charge in [0.05, 0.1) is 22.6 Å². The highest BCUT2D eigenvalue weighted by Crippen LogP contribution is 2.29. The van der Waals surface area contributed by atoms with Crippen LogP contribution in [0.15, 0.2) is 51.9 Å². The van der Waals surface area contributed by atoms with Gasteiger partial charge in [0, 0.05) is 5.69 Å². The molecule has 3 aromatic heterocycles. The maximum Gasteiger partial charge on any atom is 0.294 e. The van der Waals surface area contributed by atoms with Gasteiger partial charge in [-0.1, -0.05) is 0 Å². The number of hydrogen-bond acceptors (Lipinski definition) is 7. The zero-order chi connectivity index (χ0) is 20.4. The first-order chi connectivity index (χ1) is 14.0. The fourth-order valence-electron chi connectivity index (χ4n) is 2.89. The van der Waals surface area contributed by atoms with E-state index in [1.54, 1.807) is 36.4 Å². The predicted octanol–water partition coefficient (Wildman–Crippen LogP) is 3.46. The van der Waals surface area contributed by atoms with Crippen LogP contribution >= 0.6 is 11.3 Å². The third-order valence-electron chi connectivity index (χ3n) is 4.10. The Morgan fingerprint density at radius 1 is 1.28 bits per heavy atom. The third kappa shape index (κ3) is 3.90. The van der Waals surface area contributed by atoms with E-state index < -0.39 is 5.56 Å². The lowest BCUT2D eigenvalue weighted by Gasteiger charge is -2.09. The zero-order valence-corrected chi connectivity index (χ0v) is 16.7. The highest BCUT2D eigenvalue weighted by molar-refractivity contribution is 7.19. The SMILES string of the molecule is CCOc1ccc(NC(=O)Cn2nc(-c3ccco3)c3sc(C)nc3c2=O)cc1. The number of nitrogens with zero attached hydrogens (tertiary/aromatic N) is 3. The summed E-state index contributed by atoms with van der Waals surface area (Å²) in [5.74, 6) is 0.857. The number of aryl methyl sites for hydroxylation is 1. The summed E-state index contributed by atoms with van der Waals surface area (Å²) in [6.07, 6.45) is 1.53. The number of amides is 1. The van der Waals surface area contributed by atoms with Crippen LogP contribution in [-0.4, -0.2) is 27.3 Å². The van der Waals surface area contributed by atoms with Crippen molar-refractivity contribution in [3.63, 3.8) is 0 Å². The number of benzene rings is 1. The summed E-state index contributed by atoms with van der Waals surface area (Å²) in [6, 6.07) is 10.5. The minimum absolute atomic E-state index is 0.244. The first kappa shape index (κ1) is 18.9. The first-order valence-electron chi connectivity index (χ1n) is 9.00. The summed E-state index contributed by atoms with van der Waals surface area (Å²) < 4.78 is 12.6. The Morgan fingerprint density at radius 3 is 2.76 bits per heavy atom. The van der Waals surface area contributed by atoms with E-state index in [1.165, 1.54) is 17.6 Å². The molecule has 4 aromatic rings. The largest absolute Gasteiger partial charge is 0.494 e. The standard InChI is InChI=1S/C20H18N4O4S/c1-3-27-14-8-6-13(7-9-14)22-16(25)11-24-20(26)18-19(29-12(2)21-18)17(23-24)15-5-4-10-28-15/h4-10H,3,11H2,1-2H3,(H,22,25). The van der Waals surface area contributed by atoms with Crippen molar-refractivity contribution < 1.29 is 13.9 Å². The highest BCUT2D eigenvalue weighted by atomic mass is 32.1. The molecule has 0 aliphatic rings. The Bertz CT molecular complexity index is 1210. The number of fused-ring (bicyclic) bond motifs is 1. The third-order valence-corrected chi connectivity index (χ3v) is 5.08. The molecule has 0 spiro atoms. The van der Waals surface area contributed by atoms with E-state index in [-0.39, 0.29) is 18.0 Å². The number of rotatable bonds is 6. The Kier molecular flexibility index (Phi) is 5.13. The molecule has 148 valence electrons. The molecule has 0 atom stereocenters. The molecule has 0 fully saturated rings. The number of hydrogen-bond donors (Lipinski definition) is 1. The number of thiazole rings is 1. The van der Waals surface area contributed by atoms with Crippen molar-refractivity contribution >= 4 is 33.1 Å². The van der Waals surface area contributed by atoms with Gasteiger partial charge in [-0.05, 0) is 50.2 Å². The monoisotopic (exact) mass is 410 g/mol. The van der Waals surface area contributed by atoms with Gasteiger partial charge < -0.3 is 14.5 Å². The number of ether oxygens (including phenoxy) is 1. The molecule has 4 rings (SSSR count). The van der Waals surface area contributed by atoms with E-state index in [0.717, 1.165) is 15.4 Å². The Morgan fingerprint density at radius 2 is 2.07 bits per heavy atom. The lowest BCUT2D eigenvalue weighted by molar-refractivity contribution is -0.117. The lowest BCUT2D eigenvalue weighted by atomic mass is 10.3. The number of anilines is 1. The molecular weight excluding hydrogens is 392 g/mol. The molecule has 3 heterocycles. The molecule has 0 aliphatic heterocycles. The second-order valence-corrected chi connectivity index (χ2v) is 7.41. The topological polar surface area (TPSA) is 99.2 Å². The summed E-state index contributed by atoms with van der Waals surface area (Å²) in [6.45, 7) is 4.04. The second kappa shape index (κ2) is 7.88. The summed E-state index contributed by atoms with van der Waals surface area (Å²) in [4.78, 5) is 29.6. The van der Waals surface area contributed by atoms with Crippen LogP contribution in [0.5, 0.6) is 5.75 Å². The summed E-state index contributed by atoms with van der Waals surface area (Å²) in [5, 5.41) is 7.87. The molecule has 29 heavy (non-hydrogen) atoms. The van der Waals surface area contributed by atoms with Gasteiger partial charge in [0.25, 0.3) is 5.56 Å². The van der Waals surface area contributed by atoms with Crippen molar-refractivity contribution in [1.29, 1.82) is 0 Å². The first-order valence-corrected chi connectivity index (χ1v) is 9.81. The van der Waals surface area contributed by atoms with Crippen LogP contribution in [0.2, 0.25) is 0 Å². The van der Waals surface area contributed by atoms with Crippen molar-refractivity contribution in [2.75, 3.05) is 11.9 Å². The van der Waals surface area contributed by atoms with Crippen LogP contribution in [0.1, 0.15) is 11.9 Å². The average Bonchev–Trinajstić information content (AvgIpc) is 3.36. The van der Waals surface area contributed by atoms with Gasteiger partial charge in [-0.15, -0.1) is 11.3 Å². The summed E-state index contributed by atoms with van der Waals surface area (Å²) in [7, 11) is 0. The van der Waals surface area contributed by atoms with E-state index in [4.69, 9.17) is 9.15 Å².